The number of amides is 1. The van der Waals surface area contributed by atoms with Crippen LogP contribution < -0.4 is 10.1 Å². The molecule has 5 heteroatoms. The lowest BCUT2D eigenvalue weighted by Crippen LogP contribution is -2.37. The molecule has 1 N–H and O–H groups in total. The molecule has 0 aliphatic heterocycles. The Bertz CT molecular complexity index is 544. The number of hydrogen-bond acceptors (Lipinski definition) is 4. The van der Waals surface area contributed by atoms with Crippen LogP contribution in [0.1, 0.15) is 43.0 Å². The zero-order chi connectivity index (χ0) is 16.7. The molecule has 0 spiro atoms. The maximum absolute atomic E-state index is 12.3. The van der Waals surface area contributed by atoms with Crippen molar-refractivity contribution in [3.8, 4) is 5.75 Å². The lowest BCUT2D eigenvalue weighted by atomic mass is 9.79. The molecular weight excluding hydrogens is 294 g/mol. The van der Waals surface area contributed by atoms with Gasteiger partial charge >= 0.3 is 5.97 Å². The van der Waals surface area contributed by atoms with Gasteiger partial charge in [-0.25, -0.2) is 0 Å². The smallest absolute Gasteiger partial charge is 0.309 e. The Hall–Kier alpha value is -2.04. The van der Waals surface area contributed by atoms with Gasteiger partial charge in [0.05, 0.1) is 19.6 Å². The summed E-state index contributed by atoms with van der Waals surface area (Å²) in [4.78, 5) is 24.2. The van der Waals surface area contributed by atoms with Gasteiger partial charge in [0.25, 0.3) is 5.91 Å². The zero-order valence-electron chi connectivity index (χ0n) is 13.8. The number of rotatable bonds is 6. The maximum atomic E-state index is 12.3. The molecule has 0 bridgehead atoms. The van der Waals surface area contributed by atoms with Gasteiger partial charge < -0.3 is 14.8 Å². The van der Waals surface area contributed by atoms with E-state index in [0.29, 0.717) is 24.5 Å². The van der Waals surface area contributed by atoms with Gasteiger partial charge in [0, 0.05) is 12.1 Å². The topological polar surface area (TPSA) is 64.6 Å². The van der Waals surface area contributed by atoms with Crippen LogP contribution in [0.25, 0.3) is 0 Å². The minimum Gasteiger partial charge on any atom is -0.494 e. The highest BCUT2D eigenvalue weighted by atomic mass is 16.5. The third-order valence-electron chi connectivity index (χ3n) is 4.35. The minimum atomic E-state index is -0.165. The first-order chi connectivity index (χ1) is 11.2. The van der Waals surface area contributed by atoms with Crippen molar-refractivity contribution in [2.45, 2.75) is 32.6 Å². The molecular formula is C18H25NO4. The summed E-state index contributed by atoms with van der Waals surface area (Å²) in [5, 5.41) is 2.94. The predicted octanol–water partition coefficient (Wildman–Crippen LogP) is 2.79. The van der Waals surface area contributed by atoms with Crippen molar-refractivity contribution in [1.82, 2.24) is 5.32 Å². The molecule has 0 aromatic heterocycles. The molecule has 1 aromatic rings. The summed E-state index contributed by atoms with van der Waals surface area (Å²) in [6.07, 6.45) is 3.92. The van der Waals surface area contributed by atoms with Crippen LogP contribution in [-0.4, -0.2) is 32.1 Å². The molecule has 23 heavy (non-hydrogen) atoms. The van der Waals surface area contributed by atoms with Gasteiger partial charge in [0.1, 0.15) is 5.75 Å². The highest BCUT2D eigenvalue weighted by Crippen LogP contribution is 2.30. The van der Waals surface area contributed by atoms with Crippen molar-refractivity contribution in [3.05, 3.63) is 29.8 Å². The van der Waals surface area contributed by atoms with Gasteiger partial charge in [0.15, 0.2) is 0 Å². The van der Waals surface area contributed by atoms with Crippen LogP contribution in [0.15, 0.2) is 24.3 Å². The summed E-state index contributed by atoms with van der Waals surface area (Å²) in [6.45, 7) is 2.97. The lowest BCUT2D eigenvalue weighted by Gasteiger charge is -2.29. The highest BCUT2D eigenvalue weighted by Gasteiger charge is 2.31. The Labute approximate surface area is 137 Å². The number of esters is 1. The van der Waals surface area contributed by atoms with Crippen molar-refractivity contribution in [1.29, 1.82) is 0 Å². The van der Waals surface area contributed by atoms with Gasteiger partial charge in [-0.2, -0.15) is 0 Å². The molecule has 2 unspecified atom stereocenters. The molecule has 5 nitrogen and oxygen atoms in total. The van der Waals surface area contributed by atoms with Crippen molar-refractivity contribution in [2.75, 3.05) is 20.3 Å². The van der Waals surface area contributed by atoms with Crippen LogP contribution in [0.5, 0.6) is 5.75 Å². The molecule has 1 aliphatic rings. The van der Waals surface area contributed by atoms with Crippen molar-refractivity contribution < 1.29 is 19.1 Å². The summed E-state index contributed by atoms with van der Waals surface area (Å²) in [7, 11) is 1.42. The summed E-state index contributed by atoms with van der Waals surface area (Å²) in [6, 6.07) is 7.13. The normalized spacial score (nSPS) is 20.6. The van der Waals surface area contributed by atoms with Gasteiger partial charge in [0.2, 0.25) is 0 Å². The van der Waals surface area contributed by atoms with Crippen LogP contribution in [-0.2, 0) is 9.53 Å². The molecule has 2 atom stereocenters. The lowest BCUT2D eigenvalue weighted by molar-refractivity contribution is -0.148. The third-order valence-corrected chi connectivity index (χ3v) is 4.35. The third kappa shape index (κ3) is 4.71. The second-order valence-electron chi connectivity index (χ2n) is 5.85. The van der Waals surface area contributed by atoms with E-state index in [0.717, 1.165) is 25.7 Å². The standard InChI is InChI=1S/C18H25NO4/c1-3-23-15-9-6-8-13(11-15)17(20)19-12-14-7-4-5-10-16(14)18(21)22-2/h6,8-9,11,14,16H,3-5,7,10,12H2,1-2H3,(H,19,20). The van der Waals surface area contributed by atoms with Crippen molar-refractivity contribution in [2.24, 2.45) is 11.8 Å². The number of nitrogens with one attached hydrogen (secondary N) is 1. The fourth-order valence-corrected chi connectivity index (χ4v) is 3.13. The number of hydrogen-bond donors (Lipinski definition) is 1. The van der Waals surface area contributed by atoms with E-state index in [1.165, 1.54) is 7.11 Å². The molecule has 0 saturated heterocycles. The Morgan fingerprint density at radius 1 is 1.26 bits per heavy atom. The van der Waals surface area contributed by atoms with Crippen LogP contribution >= 0.6 is 0 Å². The summed E-state index contributed by atoms with van der Waals surface area (Å²) in [5.41, 5.74) is 0.571. The zero-order valence-corrected chi connectivity index (χ0v) is 13.8. The van der Waals surface area contributed by atoms with Crippen molar-refractivity contribution >= 4 is 11.9 Å². The van der Waals surface area contributed by atoms with Gasteiger partial charge in [-0.3, -0.25) is 9.59 Å². The fraction of sp³-hybridized carbons (Fsp3) is 0.556. The van der Waals surface area contributed by atoms with Crippen LogP contribution in [0.2, 0.25) is 0 Å². The predicted molar refractivity (Wildman–Crippen MR) is 87.4 cm³/mol. The molecule has 1 amide bonds. The minimum absolute atomic E-state index is 0.108. The van der Waals surface area contributed by atoms with E-state index in [9.17, 15) is 9.59 Å². The monoisotopic (exact) mass is 319 g/mol. The Balaban J connectivity index is 1.94. The Kier molecular flexibility index (Phi) is 6.44. The average molecular weight is 319 g/mol. The molecule has 0 heterocycles. The average Bonchev–Trinajstić information content (AvgIpc) is 2.59. The van der Waals surface area contributed by atoms with Crippen LogP contribution in [0.4, 0.5) is 0 Å². The van der Waals surface area contributed by atoms with E-state index < -0.39 is 0 Å². The van der Waals surface area contributed by atoms with E-state index in [1.54, 1.807) is 18.2 Å². The number of benzene rings is 1. The van der Waals surface area contributed by atoms with E-state index in [-0.39, 0.29) is 23.7 Å². The van der Waals surface area contributed by atoms with E-state index >= 15 is 0 Å². The Morgan fingerprint density at radius 2 is 2.04 bits per heavy atom. The second kappa shape index (κ2) is 8.56. The van der Waals surface area contributed by atoms with E-state index in [4.69, 9.17) is 9.47 Å². The molecule has 1 fully saturated rings. The number of carbonyl (C=O) groups is 2. The number of ether oxygens (including phenoxy) is 2. The quantitative estimate of drug-likeness (QED) is 0.819. The molecule has 1 saturated carbocycles. The van der Waals surface area contributed by atoms with Crippen molar-refractivity contribution in [3.63, 3.8) is 0 Å². The number of carbonyl (C=O) groups excluding carboxylic acids is 2. The molecule has 126 valence electrons. The first kappa shape index (κ1) is 17.3. The first-order valence-electron chi connectivity index (χ1n) is 8.24. The Morgan fingerprint density at radius 3 is 2.78 bits per heavy atom. The summed E-state index contributed by atoms with van der Waals surface area (Å²) in [5.74, 6) is 0.423. The van der Waals surface area contributed by atoms with E-state index in [1.807, 2.05) is 13.0 Å². The number of methoxy groups -OCH3 is 1. The van der Waals surface area contributed by atoms with Gasteiger partial charge in [-0.15, -0.1) is 0 Å². The summed E-state index contributed by atoms with van der Waals surface area (Å²) >= 11 is 0. The molecule has 2 rings (SSSR count). The second-order valence-corrected chi connectivity index (χ2v) is 5.85. The van der Waals surface area contributed by atoms with Gasteiger partial charge in [-0.1, -0.05) is 18.9 Å². The largest absolute Gasteiger partial charge is 0.494 e. The fourth-order valence-electron chi connectivity index (χ4n) is 3.13. The van der Waals surface area contributed by atoms with Crippen LogP contribution in [0, 0.1) is 11.8 Å². The highest BCUT2D eigenvalue weighted by molar-refractivity contribution is 5.94. The molecule has 1 aromatic carbocycles. The van der Waals surface area contributed by atoms with Gasteiger partial charge in [-0.05, 0) is 43.9 Å². The SMILES string of the molecule is CCOc1cccc(C(=O)NCC2CCCCC2C(=O)OC)c1. The molecule has 0 radical (unpaired) electrons. The van der Waals surface area contributed by atoms with E-state index in [2.05, 4.69) is 5.32 Å². The van der Waals surface area contributed by atoms with Crippen LogP contribution in [0.3, 0.4) is 0 Å². The molecule has 1 aliphatic carbocycles. The summed E-state index contributed by atoms with van der Waals surface area (Å²) < 4.78 is 10.3. The first-order valence-corrected chi connectivity index (χ1v) is 8.24. The maximum Gasteiger partial charge on any atom is 0.309 e.